The lowest BCUT2D eigenvalue weighted by Gasteiger charge is -2.50. The number of benzene rings is 4. The lowest BCUT2D eigenvalue weighted by Crippen LogP contribution is -2.75. The van der Waals surface area contributed by atoms with E-state index in [0.717, 1.165) is 0 Å². The molecule has 2 atom stereocenters. The Morgan fingerprint density at radius 2 is 1.23 bits per heavy atom. The van der Waals surface area contributed by atoms with E-state index < -0.39 is 12.3 Å². The Bertz CT molecular complexity index is 1270. The van der Waals surface area contributed by atoms with Crippen LogP contribution >= 0.6 is 0 Å². The van der Waals surface area contributed by atoms with Gasteiger partial charge < -0.3 is 9.47 Å². The molecule has 174 valence electrons. The van der Waals surface area contributed by atoms with Crippen molar-refractivity contribution in [3.8, 4) is 11.5 Å². The lowest BCUT2D eigenvalue weighted by atomic mass is 10.0. The molecule has 1 fully saturated rings. The molecule has 5 rings (SSSR count). The summed E-state index contributed by atoms with van der Waals surface area (Å²) in [6.45, 7) is -0.190. The van der Waals surface area contributed by atoms with Gasteiger partial charge in [0.1, 0.15) is 11.5 Å². The molecular formula is C29H24N2O4. The number of para-hydroxylation sites is 4. The smallest absolute Gasteiger partial charge is 0.274 e. The summed E-state index contributed by atoms with van der Waals surface area (Å²) in [6.07, 6.45) is -1.57. The molecule has 4 aromatic rings. The molecular weight excluding hydrogens is 440 g/mol. The molecule has 0 unspecified atom stereocenters. The van der Waals surface area contributed by atoms with Gasteiger partial charge in [0.05, 0.1) is 0 Å². The first-order valence-electron chi connectivity index (χ1n) is 11.4. The van der Waals surface area contributed by atoms with Gasteiger partial charge in [-0.2, -0.15) is 0 Å². The van der Waals surface area contributed by atoms with Crippen LogP contribution in [0.15, 0.2) is 121 Å². The zero-order valence-corrected chi connectivity index (χ0v) is 18.9. The van der Waals surface area contributed by atoms with Crippen molar-refractivity contribution in [1.82, 2.24) is 0 Å². The molecule has 35 heavy (non-hydrogen) atoms. The molecule has 0 bridgehead atoms. The quantitative estimate of drug-likeness (QED) is 0.348. The van der Waals surface area contributed by atoms with Crippen molar-refractivity contribution in [1.29, 1.82) is 0 Å². The molecule has 2 amide bonds. The molecule has 1 saturated heterocycles. The van der Waals surface area contributed by atoms with Crippen LogP contribution in [0.4, 0.5) is 11.4 Å². The Labute approximate surface area is 203 Å². The van der Waals surface area contributed by atoms with Crippen molar-refractivity contribution in [2.45, 2.75) is 12.3 Å². The van der Waals surface area contributed by atoms with Crippen LogP contribution in [-0.2, 0) is 9.59 Å². The average molecular weight is 465 g/mol. The maximum Gasteiger partial charge on any atom is 0.274 e. The summed E-state index contributed by atoms with van der Waals surface area (Å²) in [4.78, 5) is 30.2. The van der Waals surface area contributed by atoms with E-state index in [4.69, 9.17) is 9.47 Å². The van der Waals surface area contributed by atoms with Crippen LogP contribution in [0.25, 0.3) is 0 Å². The molecule has 0 aliphatic carbocycles. The minimum absolute atomic E-state index is 0.190. The summed E-state index contributed by atoms with van der Waals surface area (Å²) in [7, 11) is 0. The number of rotatable bonds is 8. The summed E-state index contributed by atoms with van der Waals surface area (Å²) in [5, 5.41) is 0. The third-order valence-corrected chi connectivity index (χ3v) is 5.73. The Morgan fingerprint density at radius 3 is 1.83 bits per heavy atom. The van der Waals surface area contributed by atoms with Crippen molar-refractivity contribution in [3.05, 3.63) is 121 Å². The third kappa shape index (κ3) is 4.73. The second-order valence-electron chi connectivity index (χ2n) is 8.01. The Morgan fingerprint density at radius 1 is 0.714 bits per heavy atom. The number of hydrogen-bond acceptors (Lipinski definition) is 4. The SMILES string of the molecule is O=C(COc1ccccc1)N(c1ccccc1)[C@H]1[C@H](Oc2ccccc2)C(=O)N1c1ccccc1. The van der Waals surface area contributed by atoms with Gasteiger partial charge in [0, 0.05) is 11.4 Å². The highest BCUT2D eigenvalue weighted by molar-refractivity contribution is 6.09. The minimum Gasteiger partial charge on any atom is -0.484 e. The van der Waals surface area contributed by atoms with E-state index in [1.165, 1.54) is 0 Å². The number of β-lactam (4-membered cyclic amide) rings is 1. The van der Waals surface area contributed by atoms with E-state index in [1.807, 2.05) is 97.1 Å². The standard InChI is InChI=1S/C29H24N2O4/c32-26(21-34-24-17-9-3-10-18-24)30(22-13-5-1-6-14-22)28-27(35-25-19-11-4-12-20-25)29(33)31(28)23-15-7-2-8-16-23/h1-20,27-28H,21H2/t27-,28+/m0/s1. The average Bonchev–Trinajstić information content (AvgIpc) is 2.92. The first-order valence-corrected chi connectivity index (χ1v) is 11.4. The van der Waals surface area contributed by atoms with E-state index in [1.54, 1.807) is 34.1 Å². The van der Waals surface area contributed by atoms with Gasteiger partial charge in [0.15, 0.2) is 12.8 Å². The van der Waals surface area contributed by atoms with Crippen molar-refractivity contribution in [3.63, 3.8) is 0 Å². The fourth-order valence-electron chi connectivity index (χ4n) is 4.09. The number of hydrogen-bond donors (Lipinski definition) is 0. The maximum absolute atomic E-state index is 13.6. The predicted molar refractivity (Wildman–Crippen MR) is 134 cm³/mol. The van der Waals surface area contributed by atoms with E-state index in [2.05, 4.69) is 0 Å². The van der Waals surface area contributed by atoms with Gasteiger partial charge in [0.2, 0.25) is 6.10 Å². The Balaban J connectivity index is 1.50. The zero-order valence-electron chi connectivity index (χ0n) is 18.9. The van der Waals surface area contributed by atoms with Crippen LogP contribution in [0.2, 0.25) is 0 Å². The second kappa shape index (κ2) is 10.1. The normalized spacial score (nSPS) is 16.8. The van der Waals surface area contributed by atoms with E-state index in [0.29, 0.717) is 22.9 Å². The van der Waals surface area contributed by atoms with Crippen LogP contribution in [0.1, 0.15) is 0 Å². The van der Waals surface area contributed by atoms with Crippen LogP contribution in [0.3, 0.4) is 0 Å². The molecule has 0 saturated carbocycles. The monoisotopic (exact) mass is 464 g/mol. The van der Waals surface area contributed by atoms with Gasteiger partial charge >= 0.3 is 0 Å². The van der Waals surface area contributed by atoms with Crippen molar-refractivity contribution in [2.75, 3.05) is 16.4 Å². The van der Waals surface area contributed by atoms with Gasteiger partial charge in [0.25, 0.3) is 11.8 Å². The Hall–Kier alpha value is -4.58. The van der Waals surface area contributed by atoms with Crippen LogP contribution in [0.5, 0.6) is 11.5 Å². The first kappa shape index (κ1) is 22.2. The number of nitrogens with zero attached hydrogens (tertiary/aromatic N) is 2. The molecule has 0 aromatic heterocycles. The number of anilines is 2. The van der Waals surface area contributed by atoms with E-state index in [-0.39, 0.29) is 18.4 Å². The molecule has 1 aliphatic heterocycles. The molecule has 4 aromatic carbocycles. The molecule has 6 heteroatoms. The summed E-state index contributed by atoms with van der Waals surface area (Å²) < 4.78 is 11.9. The largest absolute Gasteiger partial charge is 0.484 e. The van der Waals surface area contributed by atoms with Gasteiger partial charge in [-0.05, 0) is 48.5 Å². The highest BCUT2D eigenvalue weighted by Crippen LogP contribution is 2.35. The molecule has 1 heterocycles. The number of amides is 2. The topological polar surface area (TPSA) is 59.1 Å². The highest BCUT2D eigenvalue weighted by atomic mass is 16.5. The second-order valence-corrected chi connectivity index (χ2v) is 8.01. The maximum atomic E-state index is 13.6. The van der Waals surface area contributed by atoms with Gasteiger partial charge in [-0.25, -0.2) is 0 Å². The Kier molecular flexibility index (Phi) is 6.44. The van der Waals surface area contributed by atoms with Crippen molar-refractivity contribution in [2.24, 2.45) is 0 Å². The van der Waals surface area contributed by atoms with Crippen LogP contribution < -0.4 is 19.3 Å². The molecule has 6 nitrogen and oxygen atoms in total. The van der Waals surface area contributed by atoms with E-state index in [9.17, 15) is 9.59 Å². The van der Waals surface area contributed by atoms with Crippen molar-refractivity contribution < 1.29 is 19.1 Å². The summed E-state index contributed by atoms with van der Waals surface area (Å²) >= 11 is 0. The summed E-state index contributed by atoms with van der Waals surface area (Å²) in [5.41, 5.74) is 1.34. The summed E-state index contributed by atoms with van der Waals surface area (Å²) in [5.74, 6) is 0.642. The van der Waals surface area contributed by atoms with E-state index >= 15 is 0 Å². The molecule has 0 spiro atoms. The molecule has 1 aliphatic rings. The van der Waals surface area contributed by atoms with Gasteiger partial charge in [-0.15, -0.1) is 0 Å². The number of carbonyl (C=O) groups excluding carboxylic acids is 2. The van der Waals surface area contributed by atoms with Gasteiger partial charge in [-0.1, -0.05) is 72.8 Å². The minimum atomic E-state index is -0.876. The fraction of sp³-hybridized carbons (Fsp3) is 0.103. The van der Waals surface area contributed by atoms with Crippen LogP contribution in [0, 0.1) is 0 Å². The summed E-state index contributed by atoms with van der Waals surface area (Å²) in [6, 6.07) is 36.9. The fourth-order valence-corrected chi connectivity index (χ4v) is 4.09. The number of ether oxygens (including phenoxy) is 2. The molecule has 0 N–H and O–H groups in total. The third-order valence-electron chi connectivity index (χ3n) is 5.73. The predicted octanol–water partition coefficient (Wildman–Crippen LogP) is 4.92. The molecule has 0 radical (unpaired) electrons. The van der Waals surface area contributed by atoms with Gasteiger partial charge in [-0.3, -0.25) is 19.4 Å². The lowest BCUT2D eigenvalue weighted by molar-refractivity contribution is -0.136. The highest BCUT2D eigenvalue weighted by Gasteiger charge is 2.55. The van der Waals surface area contributed by atoms with Crippen molar-refractivity contribution >= 4 is 23.2 Å². The number of carbonyl (C=O) groups is 2. The zero-order chi connectivity index (χ0) is 24.0. The van der Waals surface area contributed by atoms with Crippen LogP contribution in [-0.4, -0.2) is 30.7 Å². The first-order chi connectivity index (χ1) is 17.2.